The van der Waals surface area contributed by atoms with Crippen molar-refractivity contribution in [1.29, 1.82) is 10.5 Å². The average molecular weight is 1600 g/mol. The molecule has 21 aromatic rings. The molecule has 6 aromatic heterocycles. The van der Waals surface area contributed by atoms with Crippen molar-refractivity contribution in [2.24, 2.45) is 0 Å². The monoisotopic (exact) mass is 1600 g/mol. The Hall–Kier alpha value is -17.3. The molecule has 0 saturated carbocycles. The first-order valence-electron chi connectivity index (χ1n) is 39.9. The maximum Gasteiger partial charge on any atom is 0.416 e. The van der Waals surface area contributed by atoms with E-state index in [-0.39, 0.29) is 16.7 Å². The largest absolute Gasteiger partial charge is 0.416 e. The number of aromatic nitrogens is 14. The van der Waals surface area contributed by atoms with Gasteiger partial charge in [-0.1, -0.05) is 255 Å². The van der Waals surface area contributed by atoms with E-state index in [9.17, 15) is 23.7 Å². The number of hydrogen-bond acceptors (Lipinski definition) is 14. The molecule has 19 heteroatoms. The second kappa shape index (κ2) is 31.2. The van der Waals surface area contributed by atoms with Gasteiger partial charge in [0.2, 0.25) is 0 Å². The third-order valence-electron chi connectivity index (χ3n) is 22.0. The van der Waals surface area contributed by atoms with Crippen molar-refractivity contribution in [2.75, 3.05) is 0 Å². The van der Waals surface area contributed by atoms with E-state index in [1.165, 1.54) is 6.07 Å². The molecule has 0 fully saturated rings. The molecule has 21 rings (SSSR count). The highest BCUT2D eigenvalue weighted by molar-refractivity contribution is 6.14. The van der Waals surface area contributed by atoms with Crippen molar-refractivity contribution in [2.45, 2.75) is 6.18 Å². The summed E-state index contributed by atoms with van der Waals surface area (Å²) in [6.45, 7) is 0. The van der Waals surface area contributed by atoms with Gasteiger partial charge >= 0.3 is 6.18 Å². The fraction of sp³-hybridized carbons (Fsp3) is 0.00952. The van der Waals surface area contributed by atoms with E-state index < -0.39 is 11.7 Å². The number of benzene rings is 15. The lowest BCUT2D eigenvalue weighted by Crippen LogP contribution is -2.05. The van der Waals surface area contributed by atoms with Crippen molar-refractivity contribution in [1.82, 2.24) is 68.9 Å². The van der Waals surface area contributed by atoms with Crippen LogP contribution in [-0.4, -0.2) is 68.9 Å². The number of hydrogen-bond donors (Lipinski definition) is 0. The van der Waals surface area contributed by atoms with Crippen LogP contribution in [-0.2, 0) is 6.18 Å². The minimum Gasteiger partial charge on any atom is -0.309 e. The van der Waals surface area contributed by atoms with Gasteiger partial charge in [-0.2, -0.15) is 23.7 Å². The minimum absolute atomic E-state index is 0.202. The fourth-order valence-corrected chi connectivity index (χ4v) is 16.1. The molecule has 0 spiro atoms. The van der Waals surface area contributed by atoms with Crippen molar-refractivity contribution < 1.29 is 13.2 Å². The SMILES string of the molecule is N#Cc1cc(C(F)(F)F)ccc1-c1ccc(-n2c3ccc(-c4nc(-c5ccccc5)nc(-c5ccccc5)n4)cc3c3cc(-c4nc(-c5ccccc5)nc(-c5ccccc5)n4)ccc32)c(-c2cc(-n3c4ccc(-c5nc(-c6ccccc6)nc(-c6ccccc6)n5)cc4c4cc(-c5nc(-c6ccccc6)nc(-c6ccccc6)n5)ccc43)ccc2C#N)c1. The first kappa shape index (κ1) is 74.3. The molecule has 6 heterocycles. The second-order valence-corrected chi connectivity index (χ2v) is 29.7. The Morgan fingerprint density at radius 1 is 0.210 bits per heavy atom. The number of fused-ring (bicyclic) bond motifs is 6. The Balaban J connectivity index is 0.811. The first-order chi connectivity index (χ1) is 60.9. The lowest BCUT2D eigenvalue weighted by molar-refractivity contribution is -0.137. The van der Waals surface area contributed by atoms with Gasteiger partial charge in [-0.15, -0.1) is 0 Å². The third kappa shape index (κ3) is 14.0. The lowest BCUT2D eigenvalue weighted by Gasteiger charge is -2.19. The van der Waals surface area contributed by atoms with Crippen LogP contribution in [0.3, 0.4) is 0 Å². The summed E-state index contributed by atoms with van der Waals surface area (Å²) in [7, 11) is 0. The first-order valence-corrected chi connectivity index (χ1v) is 39.9. The maximum atomic E-state index is 14.7. The summed E-state index contributed by atoms with van der Waals surface area (Å²) in [5.41, 5.74) is 14.0. The predicted molar refractivity (Wildman–Crippen MR) is 479 cm³/mol. The van der Waals surface area contributed by atoms with Crippen molar-refractivity contribution >= 4 is 43.6 Å². The number of nitrogens with zero attached hydrogens (tertiary/aromatic N) is 16. The Bertz CT molecular complexity index is 7240. The molecular weight excluding hydrogens is 1540 g/mol. The molecular formula is C105H61F3N16. The molecule has 0 aliphatic rings. The van der Waals surface area contributed by atoms with Crippen molar-refractivity contribution in [3.8, 4) is 182 Å². The normalized spacial score (nSPS) is 11.5. The Morgan fingerprint density at radius 3 is 0.750 bits per heavy atom. The summed E-state index contributed by atoms with van der Waals surface area (Å²) in [4.78, 5) is 61.8. The van der Waals surface area contributed by atoms with Gasteiger partial charge in [-0.05, 0) is 126 Å². The van der Waals surface area contributed by atoms with Crippen LogP contribution in [0.2, 0.25) is 0 Å². The minimum atomic E-state index is -4.75. The molecule has 0 radical (unpaired) electrons. The standard InChI is InChI=1S/C105H61F3N16/c106-105(107,108)79-47-49-81(78(55-79)63-110)72-42-50-90(124-91-53-45-75(103-119-97(68-33-17-5-18-34-68)113-98(120-103)69-35-19-6-20-36-69)59-86(91)87-60-76(46-54-92(87)124)104-121-99(70-37-21-7-22-38-70)114-100(122-104)71-39-23-8-24-40-71)83(56-72)82-61-80(48-41-77(82)62-109)123-88-51-43-73(101-115-93(64-25-9-1-10-26-64)111-94(116-101)65-27-11-2-12-28-65)57-84(88)85-58-74(44-52-89(85)123)102-117-95(66-29-13-3-14-30-66)112-96(118-102)67-31-15-4-16-32-67/h1-61H. The number of halogens is 3. The zero-order valence-electron chi connectivity index (χ0n) is 65.5. The van der Waals surface area contributed by atoms with Gasteiger partial charge in [0.25, 0.3) is 0 Å². The molecule has 0 amide bonds. The van der Waals surface area contributed by atoms with Crippen LogP contribution in [0, 0.1) is 22.7 Å². The van der Waals surface area contributed by atoms with Gasteiger partial charge in [0, 0.05) is 105 Å². The zero-order chi connectivity index (χ0) is 83.4. The summed E-state index contributed by atoms with van der Waals surface area (Å²) in [5, 5.41) is 25.8. The molecule has 0 atom stereocenters. The summed E-state index contributed by atoms with van der Waals surface area (Å²) >= 11 is 0. The van der Waals surface area contributed by atoms with E-state index in [0.29, 0.717) is 131 Å². The van der Waals surface area contributed by atoms with E-state index in [0.717, 1.165) is 89.2 Å². The van der Waals surface area contributed by atoms with Crippen LogP contribution in [0.15, 0.2) is 370 Å². The highest BCUT2D eigenvalue weighted by Gasteiger charge is 2.32. The quantitative estimate of drug-likeness (QED) is 0.0881. The lowest BCUT2D eigenvalue weighted by atomic mass is 9.91. The van der Waals surface area contributed by atoms with E-state index in [2.05, 4.69) is 45.5 Å². The molecule has 582 valence electrons. The van der Waals surface area contributed by atoms with Crippen LogP contribution in [0.4, 0.5) is 13.2 Å². The van der Waals surface area contributed by atoms with E-state index in [1.807, 2.05) is 315 Å². The molecule has 0 N–H and O–H groups in total. The summed E-state index contributed by atoms with van der Waals surface area (Å²) in [5.74, 6) is 5.53. The second-order valence-electron chi connectivity index (χ2n) is 29.7. The Kier molecular flexibility index (Phi) is 18.7. The Morgan fingerprint density at radius 2 is 0.476 bits per heavy atom. The van der Waals surface area contributed by atoms with Crippen molar-refractivity contribution in [3.63, 3.8) is 0 Å². The maximum absolute atomic E-state index is 14.7. The third-order valence-corrected chi connectivity index (χ3v) is 22.0. The zero-order valence-corrected chi connectivity index (χ0v) is 65.5. The fourth-order valence-electron chi connectivity index (χ4n) is 16.1. The molecule has 15 aromatic carbocycles. The molecule has 0 saturated heterocycles. The molecule has 0 bridgehead atoms. The molecule has 0 aliphatic heterocycles. The van der Waals surface area contributed by atoms with E-state index in [1.54, 1.807) is 12.1 Å². The molecule has 0 aliphatic carbocycles. The number of nitriles is 2. The molecule has 16 nitrogen and oxygen atoms in total. The average Bonchev–Trinajstić information content (AvgIpc) is 1.55. The summed E-state index contributed by atoms with van der Waals surface area (Å²) in [6, 6.07) is 122. The van der Waals surface area contributed by atoms with Crippen LogP contribution in [0.1, 0.15) is 16.7 Å². The van der Waals surface area contributed by atoms with Crippen LogP contribution in [0.5, 0.6) is 0 Å². The van der Waals surface area contributed by atoms with Crippen LogP contribution in [0.25, 0.3) is 214 Å². The van der Waals surface area contributed by atoms with Gasteiger partial charge in [-0.3, -0.25) is 0 Å². The molecule has 124 heavy (non-hydrogen) atoms. The Labute approximate surface area is 707 Å². The highest BCUT2D eigenvalue weighted by atomic mass is 19.4. The van der Waals surface area contributed by atoms with E-state index in [4.69, 9.17) is 59.8 Å². The predicted octanol–water partition coefficient (Wildman–Crippen LogP) is 24.7. The van der Waals surface area contributed by atoms with Gasteiger partial charge < -0.3 is 9.13 Å². The van der Waals surface area contributed by atoms with Gasteiger partial charge in [0.1, 0.15) is 0 Å². The number of alkyl halides is 3. The van der Waals surface area contributed by atoms with E-state index >= 15 is 0 Å². The topological polar surface area (TPSA) is 212 Å². The van der Waals surface area contributed by atoms with Crippen LogP contribution >= 0.6 is 0 Å². The smallest absolute Gasteiger partial charge is 0.309 e. The van der Waals surface area contributed by atoms with Crippen molar-refractivity contribution in [3.05, 3.63) is 387 Å². The summed E-state index contributed by atoms with van der Waals surface area (Å²) in [6.07, 6.45) is -4.75. The summed E-state index contributed by atoms with van der Waals surface area (Å²) < 4.78 is 48.5. The highest BCUT2D eigenvalue weighted by Crippen LogP contribution is 2.46. The van der Waals surface area contributed by atoms with Crippen LogP contribution < -0.4 is 0 Å². The number of rotatable bonds is 16. The van der Waals surface area contributed by atoms with Gasteiger partial charge in [0.05, 0.1) is 56.6 Å². The molecule has 0 unspecified atom stereocenters. The van der Waals surface area contributed by atoms with Gasteiger partial charge in [-0.25, -0.2) is 59.8 Å². The van der Waals surface area contributed by atoms with Gasteiger partial charge in [0.15, 0.2) is 69.9 Å².